The summed E-state index contributed by atoms with van der Waals surface area (Å²) in [6.45, 7) is -0.201. The summed E-state index contributed by atoms with van der Waals surface area (Å²) in [4.78, 5) is 22.9. The van der Waals surface area contributed by atoms with Gasteiger partial charge in [-0.15, -0.1) is 0 Å². The van der Waals surface area contributed by atoms with Gasteiger partial charge in [-0.05, 0) is 13.1 Å². The van der Waals surface area contributed by atoms with Gasteiger partial charge >= 0.3 is 5.97 Å². The molecule has 0 saturated heterocycles. The highest BCUT2D eigenvalue weighted by molar-refractivity contribution is 7.89. The molecular formula is C11H17N3O6S. The number of aromatic nitrogens is 1. The number of hydrogen-bond acceptors (Lipinski definition) is 5. The van der Waals surface area contributed by atoms with E-state index in [-0.39, 0.29) is 17.2 Å². The Labute approximate surface area is 121 Å². The van der Waals surface area contributed by atoms with Crippen molar-refractivity contribution in [3.05, 3.63) is 18.0 Å². The number of carbonyl (C=O) groups is 2. The van der Waals surface area contributed by atoms with Gasteiger partial charge in [0.2, 0.25) is 10.0 Å². The Kier molecular flexibility index (Phi) is 5.47. The van der Waals surface area contributed by atoms with Crippen molar-refractivity contribution in [1.29, 1.82) is 0 Å². The van der Waals surface area contributed by atoms with Crippen LogP contribution in [0.3, 0.4) is 0 Å². The zero-order valence-corrected chi connectivity index (χ0v) is 12.6. The van der Waals surface area contributed by atoms with Crippen LogP contribution in [0.5, 0.6) is 0 Å². The molecule has 0 fully saturated rings. The lowest BCUT2D eigenvalue weighted by molar-refractivity contribution is -0.140. The van der Waals surface area contributed by atoms with E-state index in [4.69, 9.17) is 9.84 Å². The molecule has 1 rings (SSSR count). The predicted molar refractivity (Wildman–Crippen MR) is 72.4 cm³/mol. The summed E-state index contributed by atoms with van der Waals surface area (Å²) in [6.07, 6.45) is 1.26. The van der Waals surface area contributed by atoms with Gasteiger partial charge in [-0.3, -0.25) is 4.79 Å². The Balaban J connectivity index is 3.01. The van der Waals surface area contributed by atoms with Crippen LogP contribution in [0.2, 0.25) is 0 Å². The van der Waals surface area contributed by atoms with Crippen molar-refractivity contribution in [3.8, 4) is 0 Å². The molecule has 21 heavy (non-hydrogen) atoms. The first-order valence-electron chi connectivity index (χ1n) is 5.85. The van der Waals surface area contributed by atoms with Crippen molar-refractivity contribution in [2.45, 2.75) is 10.9 Å². The number of rotatable bonds is 7. The molecule has 0 saturated carbocycles. The first-order chi connectivity index (χ1) is 9.72. The molecule has 1 atom stereocenters. The van der Waals surface area contributed by atoms with Gasteiger partial charge in [0.25, 0.3) is 5.91 Å². The average molecular weight is 319 g/mol. The first-order valence-corrected chi connectivity index (χ1v) is 7.33. The van der Waals surface area contributed by atoms with E-state index in [9.17, 15) is 18.0 Å². The predicted octanol–water partition coefficient (Wildman–Crippen LogP) is -1.24. The third-order valence-electron chi connectivity index (χ3n) is 2.73. The lowest BCUT2D eigenvalue weighted by Crippen LogP contribution is -2.44. The Morgan fingerprint density at radius 2 is 2.10 bits per heavy atom. The second kappa shape index (κ2) is 6.70. The summed E-state index contributed by atoms with van der Waals surface area (Å²) in [5.41, 5.74) is 0.0196. The number of nitrogens with zero attached hydrogens (tertiary/aromatic N) is 1. The maximum absolute atomic E-state index is 12.0. The summed E-state index contributed by atoms with van der Waals surface area (Å²) >= 11 is 0. The molecule has 9 nitrogen and oxygen atoms in total. The van der Waals surface area contributed by atoms with Crippen LogP contribution in [0.25, 0.3) is 0 Å². The number of carboxylic acids is 1. The van der Waals surface area contributed by atoms with Crippen LogP contribution < -0.4 is 10.0 Å². The number of aryl methyl sites for hydroxylation is 1. The van der Waals surface area contributed by atoms with Gasteiger partial charge in [-0.2, -0.15) is 0 Å². The van der Waals surface area contributed by atoms with Crippen LogP contribution in [0.4, 0.5) is 0 Å². The zero-order valence-electron chi connectivity index (χ0n) is 11.8. The van der Waals surface area contributed by atoms with E-state index in [1.807, 2.05) is 0 Å². The van der Waals surface area contributed by atoms with Gasteiger partial charge in [0.05, 0.1) is 6.61 Å². The molecule has 0 aliphatic carbocycles. The minimum absolute atomic E-state index is 0.0196. The van der Waals surface area contributed by atoms with Crippen LogP contribution in [-0.4, -0.2) is 56.8 Å². The molecule has 10 heteroatoms. The van der Waals surface area contributed by atoms with E-state index in [0.717, 1.165) is 6.07 Å². The monoisotopic (exact) mass is 319 g/mol. The van der Waals surface area contributed by atoms with Crippen LogP contribution >= 0.6 is 0 Å². The molecule has 3 N–H and O–H groups in total. The highest BCUT2D eigenvalue weighted by Gasteiger charge is 2.24. The van der Waals surface area contributed by atoms with Gasteiger partial charge in [-0.25, -0.2) is 17.9 Å². The van der Waals surface area contributed by atoms with Crippen LogP contribution in [0.1, 0.15) is 10.5 Å². The number of sulfonamides is 1. The molecular weight excluding hydrogens is 302 g/mol. The van der Waals surface area contributed by atoms with Crippen molar-refractivity contribution in [1.82, 2.24) is 14.6 Å². The molecule has 1 heterocycles. The molecule has 1 unspecified atom stereocenters. The third-order valence-corrected chi connectivity index (χ3v) is 4.11. The zero-order chi connectivity index (χ0) is 16.2. The Bertz CT molecular complexity index is 636. The molecule has 0 spiro atoms. The number of carbonyl (C=O) groups excluding carboxylic acids is 1. The number of aliphatic carboxylic acids is 1. The topological polar surface area (TPSA) is 127 Å². The lowest BCUT2D eigenvalue weighted by atomic mass is 10.3. The van der Waals surface area contributed by atoms with E-state index < -0.39 is 27.9 Å². The number of hydrogen-bond donors (Lipinski definition) is 3. The van der Waals surface area contributed by atoms with Gasteiger partial charge in [0, 0.05) is 20.4 Å². The van der Waals surface area contributed by atoms with E-state index >= 15 is 0 Å². The third kappa shape index (κ3) is 4.03. The SMILES string of the molecule is CNS(=O)(=O)c1cc(C(=O)NC(COC)C(=O)O)n(C)c1. The normalized spacial score (nSPS) is 12.9. The van der Waals surface area contributed by atoms with E-state index in [2.05, 4.69) is 10.0 Å². The van der Waals surface area contributed by atoms with Crippen molar-refractivity contribution in [3.63, 3.8) is 0 Å². The molecule has 118 valence electrons. The second-order valence-corrected chi connectivity index (χ2v) is 6.09. The number of nitrogens with one attached hydrogen (secondary N) is 2. The largest absolute Gasteiger partial charge is 0.480 e. The number of carboxylic acid groups (broad SMARTS) is 1. The summed E-state index contributed by atoms with van der Waals surface area (Å²) in [5, 5.41) is 11.2. The Morgan fingerprint density at radius 3 is 2.57 bits per heavy atom. The maximum Gasteiger partial charge on any atom is 0.328 e. The molecule has 1 aromatic rings. The van der Waals surface area contributed by atoms with Crippen LogP contribution in [0, 0.1) is 0 Å². The Morgan fingerprint density at radius 1 is 1.48 bits per heavy atom. The molecule has 0 aliphatic rings. The number of methoxy groups -OCH3 is 1. The second-order valence-electron chi connectivity index (χ2n) is 4.20. The maximum atomic E-state index is 12.0. The smallest absolute Gasteiger partial charge is 0.328 e. The van der Waals surface area contributed by atoms with E-state index in [1.165, 1.54) is 32.0 Å². The standard InChI is InChI=1S/C11H17N3O6S/c1-12-21(18,19)7-4-9(14(2)5-7)10(15)13-8(6-20-3)11(16)17/h4-5,8,12H,6H2,1-3H3,(H,13,15)(H,16,17). The van der Waals surface area contributed by atoms with Gasteiger partial charge in [0.1, 0.15) is 10.6 Å². The van der Waals surface area contributed by atoms with Crippen molar-refractivity contribution in [2.75, 3.05) is 20.8 Å². The summed E-state index contributed by atoms with van der Waals surface area (Å²) < 4.78 is 31.4. The summed E-state index contributed by atoms with van der Waals surface area (Å²) in [7, 11) is 0.360. The molecule has 0 aromatic carbocycles. The molecule has 0 aliphatic heterocycles. The fourth-order valence-electron chi connectivity index (χ4n) is 1.60. The fourth-order valence-corrected chi connectivity index (χ4v) is 2.40. The molecule has 0 bridgehead atoms. The lowest BCUT2D eigenvalue weighted by Gasteiger charge is -2.13. The fraction of sp³-hybridized carbons (Fsp3) is 0.455. The molecule has 1 amide bonds. The van der Waals surface area contributed by atoms with Gasteiger partial charge in [0.15, 0.2) is 6.04 Å². The highest BCUT2D eigenvalue weighted by atomic mass is 32.2. The van der Waals surface area contributed by atoms with Gasteiger partial charge < -0.3 is 19.7 Å². The minimum atomic E-state index is -3.68. The summed E-state index contributed by atoms with van der Waals surface area (Å²) in [6, 6.07) is -0.0610. The average Bonchev–Trinajstić information content (AvgIpc) is 2.81. The van der Waals surface area contributed by atoms with E-state index in [1.54, 1.807) is 0 Å². The van der Waals surface area contributed by atoms with Crippen molar-refractivity contribution in [2.24, 2.45) is 7.05 Å². The highest BCUT2D eigenvalue weighted by Crippen LogP contribution is 2.13. The summed E-state index contributed by atoms with van der Waals surface area (Å²) in [5.74, 6) is -1.96. The van der Waals surface area contributed by atoms with Gasteiger partial charge in [-0.1, -0.05) is 0 Å². The first kappa shape index (κ1) is 17.1. The van der Waals surface area contributed by atoms with Crippen molar-refractivity contribution >= 4 is 21.9 Å². The van der Waals surface area contributed by atoms with Crippen molar-refractivity contribution < 1.29 is 27.9 Å². The number of amides is 1. The molecule has 1 aromatic heterocycles. The quantitative estimate of drug-likeness (QED) is 0.577. The number of ether oxygens (including phenoxy) is 1. The molecule has 0 radical (unpaired) electrons. The minimum Gasteiger partial charge on any atom is -0.480 e. The van der Waals surface area contributed by atoms with Crippen LogP contribution in [-0.2, 0) is 26.6 Å². The van der Waals surface area contributed by atoms with E-state index in [0.29, 0.717) is 0 Å². The van der Waals surface area contributed by atoms with Crippen LogP contribution in [0.15, 0.2) is 17.2 Å². The Hall–Kier alpha value is -1.91.